The van der Waals surface area contributed by atoms with E-state index in [1.54, 1.807) is 0 Å². The van der Waals surface area contributed by atoms with E-state index < -0.39 is 328 Å². The Balaban J connectivity index is 1.10. The van der Waals surface area contributed by atoms with Gasteiger partial charge in [-0.15, -0.1) is 0 Å². The van der Waals surface area contributed by atoms with E-state index >= 15 is 0 Å². The van der Waals surface area contributed by atoms with Gasteiger partial charge in [0.15, 0.2) is 56.6 Å². The van der Waals surface area contributed by atoms with Crippen molar-refractivity contribution in [2.45, 2.75) is 311 Å². The van der Waals surface area contributed by atoms with Crippen LogP contribution in [0.3, 0.4) is 0 Å². The van der Waals surface area contributed by atoms with Crippen LogP contribution in [0.4, 0.5) is 0 Å². The van der Waals surface area contributed by atoms with Gasteiger partial charge in [-0.05, 0) is 20.8 Å². The molecule has 0 spiro atoms. The van der Waals surface area contributed by atoms with Gasteiger partial charge in [-0.25, -0.2) is 0 Å². The summed E-state index contributed by atoms with van der Waals surface area (Å²) in [6.07, 6.45) is -86.3. The number of carbonyl (C=O) groups is 2. The minimum atomic E-state index is -2.49. The lowest BCUT2D eigenvalue weighted by Gasteiger charge is -2.52. The van der Waals surface area contributed by atoms with Crippen molar-refractivity contribution in [2.24, 2.45) is 0 Å². The summed E-state index contributed by atoms with van der Waals surface area (Å²) >= 11 is 0. The predicted molar refractivity (Wildman–Crippen MR) is 316 cm³/mol. The molecule has 9 rings (SSSR count). The van der Waals surface area contributed by atoms with Crippen LogP contribution in [-0.2, 0) is 90.1 Å². The molecule has 0 aliphatic carbocycles. The van der Waals surface area contributed by atoms with Crippen molar-refractivity contribution in [3.8, 4) is 0 Å². The monoisotopic (exact) mass is 1510 g/mol. The highest BCUT2D eigenvalue weighted by molar-refractivity contribution is 5.73. The number of ether oxygens (including phenoxy) is 17. The standard InChI is InChI=1S/C58H98N2O43/c1-12-25(68)31(74)38(81)53(88-12)98-45-21(10-65)95-52(24(60-16(5)67)47(45)101-58-49(35(78)29(72)18(7-62)93-58)103-55-40(83)33(76)27(70)14(3)90-55)102-48-30(73)22(96-57(42(48)85)97-43-19(8-63)91-50(86)37(80)36(43)79)11-87-51-23(59-15(4)66)46(100-54-39(82)32(75)26(69)13(2)89-54)44(20(9-64)94-51)99-56-41(84)34(77)28(71)17(6-61)92-56/h12-14,17-58,61-65,68-86H,6-11H2,1-5H3,(H,59,66)(H,60,67)/t12-,13-,14-,17-,18-,19-,20-,21-,22-,23-,24-,25+,26+,27+,28+,29+,30+,31+,32+,33+,34+,35+,36-,37-,38-,39-,40-,41-,42-,43-,44-,45-,46+,47-,48+,49-,50?,51-,52+,53-,54-,55-,56+,57+,58+/m1/s1. The van der Waals surface area contributed by atoms with Gasteiger partial charge in [0.25, 0.3) is 0 Å². The first kappa shape index (κ1) is 84.3. The SMILES string of the molecule is CC(=O)N[C@H]1[C@H](O[C@H]2[C@@H](O)[C@@H](CO[C@@H]3O[C@H](CO)[C@@H](O[C@@H]4O[C@H](CO)[C@H](O)[C@H](O)[C@H]4O)[C@@H](O[C@H]4O[C@H](C)[C@H](O)[C@H](O)[C@H]4O)[C@H]3NC(C)=O)O[C@@H](O[C@H]3[C@H](O)[C@@H](O)C(O)O[C@@H]3CO)[C@@H]2O)O[C@H](CO)[C@@H](O[C@H]2O[C@H](C)[C@H](O)[C@H](O)[C@H]2O)[C@@H]1O[C@@H]1O[C@H](CO)[C@H](O)[C@H](O)[C@H]1O[C@H]1O[C@H](C)[C@H](O)[C@H](O)[C@H]1O. The van der Waals surface area contributed by atoms with Crippen molar-refractivity contribution in [1.82, 2.24) is 10.6 Å². The number of amides is 2. The van der Waals surface area contributed by atoms with E-state index in [4.69, 9.17) is 80.5 Å². The van der Waals surface area contributed by atoms with Crippen LogP contribution in [0.1, 0.15) is 34.6 Å². The average Bonchev–Trinajstić information content (AvgIpc) is 0.767. The maximum absolute atomic E-state index is 13.6. The Labute approximate surface area is 584 Å². The Morgan fingerprint density at radius 1 is 0.272 bits per heavy atom. The van der Waals surface area contributed by atoms with Crippen LogP contribution in [0.2, 0.25) is 0 Å². The van der Waals surface area contributed by atoms with Crippen LogP contribution in [0.15, 0.2) is 0 Å². The lowest BCUT2D eigenvalue weighted by atomic mass is 9.93. The van der Waals surface area contributed by atoms with Gasteiger partial charge in [-0.2, -0.15) is 0 Å². The fraction of sp³-hybridized carbons (Fsp3) is 0.966. The summed E-state index contributed by atoms with van der Waals surface area (Å²) in [5, 5.41) is 269. The molecule has 0 aromatic rings. The fourth-order valence-corrected chi connectivity index (χ4v) is 13.5. The zero-order valence-corrected chi connectivity index (χ0v) is 55.7. The first-order valence-electron chi connectivity index (χ1n) is 33.2. The maximum Gasteiger partial charge on any atom is 0.217 e. The van der Waals surface area contributed by atoms with Gasteiger partial charge in [0, 0.05) is 13.8 Å². The number of carbonyl (C=O) groups excluding carboxylic acids is 2. The van der Waals surface area contributed by atoms with Gasteiger partial charge in [0.05, 0.1) is 58.0 Å². The maximum atomic E-state index is 13.6. The van der Waals surface area contributed by atoms with Crippen LogP contribution in [-0.4, -0.2) is 450 Å². The van der Waals surface area contributed by atoms with Gasteiger partial charge in [-0.1, -0.05) is 0 Å². The van der Waals surface area contributed by atoms with Gasteiger partial charge < -0.3 is 214 Å². The topological polar surface area (TPSA) is 701 Å². The first-order valence-corrected chi connectivity index (χ1v) is 33.2. The molecular weight excluding hydrogens is 1410 g/mol. The Hall–Kier alpha value is -2.70. The molecule has 0 bridgehead atoms. The van der Waals surface area contributed by atoms with Crippen molar-refractivity contribution in [1.29, 1.82) is 0 Å². The zero-order chi connectivity index (χ0) is 75.8. The zero-order valence-electron chi connectivity index (χ0n) is 55.7. The number of rotatable bonds is 24. The molecule has 0 aromatic carbocycles. The molecule has 103 heavy (non-hydrogen) atoms. The summed E-state index contributed by atoms with van der Waals surface area (Å²) in [6, 6.07) is -3.97. The van der Waals surface area contributed by atoms with E-state index in [0.29, 0.717) is 0 Å². The van der Waals surface area contributed by atoms with E-state index in [1.165, 1.54) is 20.8 Å². The summed E-state index contributed by atoms with van der Waals surface area (Å²) in [6.45, 7) is -0.979. The third kappa shape index (κ3) is 18.0. The fourth-order valence-electron chi connectivity index (χ4n) is 13.5. The highest BCUT2D eigenvalue weighted by Crippen LogP contribution is 2.41. The Kier molecular flexibility index (Phi) is 29.5. The molecule has 0 saturated carbocycles. The van der Waals surface area contributed by atoms with E-state index in [9.17, 15) is 132 Å². The average molecular weight is 1510 g/mol. The van der Waals surface area contributed by atoms with E-state index in [1.807, 2.05) is 0 Å². The van der Waals surface area contributed by atoms with E-state index in [-0.39, 0.29) is 0 Å². The minimum Gasteiger partial charge on any atom is -0.394 e. The van der Waals surface area contributed by atoms with Gasteiger partial charge >= 0.3 is 0 Å². The lowest BCUT2D eigenvalue weighted by Crippen LogP contribution is -2.72. The molecule has 45 atom stereocenters. The van der Waals surface area contributed by atoms with Crippen LogP contribution >= 0.6 is 0 Å². The molecule has 9 fully saturated rings. The molecule has 9 aliphatic heterocycles. The number of aliphatic hydroxyl groups excluding tert-OH is 24. The van der Waals surface area contributed by atoms with E-state index in [2.05, 4.69) is 10.6 Å². The molecule has 0 radical (unpaired) electrons. The number of nitrogens with one attached hydrogen (secondary N) is 2. The van der Waals surface area contributed by atoms with Gasteiger partial charge in [0.1, 0.15) is 201 Å². The molecule has 9 heterocycles. The van der Waals surface area contributed by atoms with Crippen LogP contribution in [0.25, 0.3) is 0 Å². The van der Waals surface area contributed by atoms with Gasteiger partial charge in [0.2, 0.25) is 11.8 Å². The molecule has 1 unspecified atom stereocenters. The molecule has 9 saturated heterocycles. The number of aliphatic hydroxyl groups is 24. The quantitative estimate of drug-likeness (QED) is 0.0427. The molecule has 45 heteroatoms. The van der Waals surface area contributed by atoms with Crippen molar-refractivity contribution in [2.75, 3.05) is 39.6 Å². The Bertz CT molecular complexity index is 2660. The highest BCUT2D eigenvalue weighted by Gasteiger charge is 2.61. The summed E-state index contributed by atoms with van der Waals surface area (Å²) in [4.78, 5) is 27.0. The molecule has 45 nitrogen and oxygen atoms in total. The summed E-state index contributed by atoms with van der Waals surface area (Å²) in [7, 11) is 0. The molecular formula is C58H98N2O43. The number of hydrogen-bond acceptors (Lipinski definition) is 43. The lowest BCUT2D eigenvalue weighted by molar-refractivity contribution is -0.401. The normalized spacial score (nSPS) is 52.3. The van der Waals surface area contributed by atoms with Crippen molar-refractivity contribution >= 4 is 11.8 Å². The van der Waals surface area contributed by atoms with Crippen LogP contribution in [0.5, 0.6) is 0 Å². The minimum absolute atomic E-state index is 0.916. The van der Waals surface area contributed by atoms with Crippen molar-refractivity contribution in [3.63, 3.8) is 0 Å². The van der Waals surface area contributed by atoms with Crippen molar-refractivity contribution in [3.05, 3.63) is 0 Å². The smallest absolute Gasteiger partial charge is 0.217 e. The largest absolute Gasteiger partial charge is 0.394 e. The Morgan fingerprint density at radius 3 is 1.03 bits per heavy atom. The second-order valence-electron chi connectivity index (χ2n) is 26.6. The van der Waals surface area contributed by atoms with Crippen LogP contribution in [0, 0.1) is 0 Å². The summed E-state index contributed by atoms with van der Waals surface area (Å²) in [5.41, 5.74) is 0. The van der Waals surface area contributed by atoms with Crippen molar-refractivity contribution < 1.29 is 213 Å². The first-order chi connectivity index (χ1) is 48.6. The predicted octanol–water partition coefficient (Wildman–Crippen LogP) is -17.3. The molecule has 26 N–H and O–H groups in total. The molecule has 0 aromatic heterocycles. The third-order valence-electron chi connectivity index (χ3n) is 19.4. The second-order valence-corrected chi connectivity index (χ2v) is 26.6. The molecule has 9 aliphatic rings. The summed E-state index contributed by atoms with van der Waals surface area (Å²) < 4.78 is 102. The highest BCUT2D eigenvalue weighted by atomic mass is 16.8. The van der Waals surface area contributed by atoms with E-state index in [0.717, 1.165) is 13.8 Å². The van der Waals surface area contributed by atoms with Gasteiger partial charge in [-0.3, -0.25) is 9.59 Å². The number of hydrogen-bond donors (Lipinski definition) is 26. The van der Waals surface area contributed by atoms with Crippen LogP contribution < -0.4 is 10.6 Å². The third-order valence-corrected chi connectivity index (χ3v) is 19.4. The second kappa shape index (κ2) is 36.0. The molecule has 598 valence electrons. The molecule has 2 amide bonds. The Morgan fingerprint density at radius 2 is 0.583 bits per heavy atom. The summed E-state index contributed by atoms with van der Waals surface area (Å²) in [5.74, 6) is -1.96.